The number of hydrogen-bond acceptors (Lipinski definition) is 3. The van der Waals surface area contributed by atoms with Gasteiger partial charge in [0.2, 0.25) is 0 Å². The molecule has 1 heterocycles. The third-order valence-corrected chi connectivity index (χ3v) is 4.06. The number of ether oxygens (including phenoxy) is 1. The summed E-state index contributed by atoms with van der Waals surface area (Å²) in [5.74, 6) is 0.978. The Morgan fingerprint density at radius 3 is 3.19 bits per heavy atom. The summed E-state index contributed by atoms with van der Waals surface area (Å²) in [6.07, 6.45) is 9.22. The Hall–Kier alpha value is -1.81. The van der Waals surface area contributed by atoms with E-state index in [1.165, 1.54) is 24.0 Å². The number of fused-ring (bicyclic) bond motifs is 1. The van der Waals surface area contributed by atoms with Crippen molar-refractivity contribution in [3.8, 4) is 5.75 Å². The van der Waals surface area contributed by atoms with Gasteiger partial charge >= 0.3 is 0 Å². The van der Waals surface area contributed by atoms with Crippen molar-refractivity contribution in [1.29, 1.82) is 0 Å². The molecule has 0 fully saturated rings. The summed E-state index contributed by atoms with van der Waals surface area (Å²) in [4.78, 5) is 4.03. The van der Waals surface area contributed by atoms with Crippen LogP contribution >= 0.6 is 0 Å². The van der Waals surface area contributed by atoms with Crippen LogP contribution in [-0.2, 0) is 13.0 Å². The van der Waals surface area contributed by atoms with Crippen LogP contribution in [0.3, 0.4) is 0 Å². The van der Waals surface area contributed by atoms with Crippen LogP contribution in [0.2, 0.25) is 0 Å². The van der Waals surface area contributed by atoms with E-state index < -0.39 is 0 Å². The van der Waals surface area contributed by atoms with Crippen molar-refractivity contribution in [2.45, 2.75) is 38.8 Å². The van der Waals surface area contributed by atoms with Crippen molar-refractivity contribution < 1.29 is 4.74 Å². The van der Waals surface area contributed by atoms with E-state index >= 15 is 0 Å². The molecule has 0 saturated carbocycles. The molecule has 1 aliphatic carbocycles. The molecule has 2 aromatic rings. The van der Waals surface area contributed by atoms with Gasteiger partial charge in [-0.25, -0.2) is 4.98 Å². The minimum absolute atomic E-state index is 0.513. The van der Waals surface area contributed by atoms with Gasteiger partial charge in [-0.2, -0.15) is 0 Å². The second-order valence-corrected chi connectivity index (χ2v) is 5.51. The summed E-state index contributed by atoms with van der Waals surface area (Å²) in [6, 6.07) is 7.06. The van der Waals surface area contributed by atoms with Crippen LogP contribution in [0.4, 0.5) is 0 Å². The molecule has 1 aromatic heterocycles. The molecule has 0 bridgehead atoms. The van der Waals surface area contributed by atoms with Gasteiger partial charge in [-0.15, -0.1) is 0 Å². The molecule has 1 unspecified atom stereocenters. The van der Waals surface area contributed by atoms with E-state index in [2.05, 4.69) is 35.4 Å². The van der Waals surface area contributed by atoms with Crippen molar-refractivity contribution in [2.75, 3.05) is 13.2 Å². The van der Waals surface area contributed by atoms with Gasteiger partial charge in [0.1, 0.15) is 12.4 Å². The summed E-state index contributed by atoms with van der Waals surface area (Å²) < 4.78 is 7.90. The quantitative estimate of drug-likeness (QED) is 0.887. The first-order valence-electron chi connectivity index (χ1n) is 7.81. The average Bonchev–Trinajstić information content (AvgIpc) is 3.01. The van der Waals surface area contributed by atoms with Crippen LogP contribution in [0.5, 0.6) is 5.75 Å². The first-order valence-corrected chi connectivity index (χ1v) is 7.81. The number of rotatable bonds is 6. The van der Waals surface area contributed by atoms with Crippen LogP contribution in [0.25, 0.3) is 0 Å². The second kappa shape index (κ2) is 6.76. The summed E-state index contributed by atoms with van der Waals surface area (Å²) >= 11 is 0. The third-order valence-electron chi connectivity index (χ3n) is 4.06. The molecule has 1 aromatic carbocycles. The highest BCUT2D eigenvalue weighted by Crippen LogP contribution is 2.32. The summed E-state index contributed by atoms with van der Waals surface area (Å²) in [7, 11) is 0. The van der Waals surface area contributed by atoms with Crippen molar-refractivity contribution in [1.82, 2.24) is 14.9 Å². The van der Waals surface area contributed by atoms with Crippen LogP contribution < -0.4 is 10.1 Å². The molecular weight excluding hydrogens is 262 g/mol. The molecule has 1 N–H and O–H groups in total. The normalized spacial score (nSPS) is 17.5. The Morgan fingerprint density at radius 2 is 2.38 bits per heavy atom. The van der Waals surface area contributed by atoms with Gasteiger partial charge in [-0.1, -0.05) is 13.0 Å². The molecule has 4 nitrogen and oxygen atoms in total. The Balaban J connectivity index is 1.62. The highest BCUT2D eigenvalue weighted by molar-refractivity contribution is 5.39. The fraction of sp³-hybridized carbons (Fsp3) is 0.471. The van der Waals surface area contributed by atoms with E-state index in [-0.39, 0.29) is 0 Å². The average molecular weight is 285 g/mol. The standard InChI is InChI=1S/C17H23N3O/c1-2-19-17-5-3-4-14-12-15(6-7-16(14)17)21-11-10-20-9-8-18-13-20/h6-9,12-13,17,19H,2-5,10-11H2,1H3. The van der Waals surface area contributed by atoms with E-state index in [0.29, 0.717) is 12.6 Å². The fourth-order valence-corrected chi connectivity index (χ4v) is 3.03. The zero-order valence-corrected chi connectivity index (χ0v) is 12.6. The maximum atomic E-state index is 5.87. The lowest BCUT2D eigenvalue weighted by Gasteiger charge is -2.26. The molecule has 1 aliphatic rings. The highest BCUT2D eigenvalue weighted by Gasteiger charge is 2.19. The van der Waals surface area contributed by atoms with Crippen molar-refractivity contribution in [3.63, 3.8) is 0 Å². The SMILES string of the molecule is CCNC1CCCc2cc(OCCn3ccnc3)ccc21. The van der Waals surface area contributed by atoms with E-state index in [1.54, 1.807) is 6.20 Å². The first kappa shape index (κ1) is 14.1. The largest absolute Gasteiger partial charge is 0.492 e. The van der Waals surface area contributed by atoms with E-state index in [4.69, 9.17) is 4.74 Å². The Kier molecular flexibility index (Phi) is 4.55. The van der Waals surface area contributed by atoms with Gasteiger partial charge in [-0.05, 0) is 49.1 Å². The van der Waals surface area contributed by atoms with Crippen molar-refractivity contribution >= 4 is 0 Å². The molecule has 0 radical (unpaired) electrons. The second-order valence-electron chi connectivity index (χ2n) is 5.51. The van der Waals surface area contributed by atoms with Gasteiger partial charge in [0, 0.05) is 18.4 Å². The zero-order valence-electron chi connectivity index (χ0n) is 12.6. The minimum atomic E-state index is 0.513. The lowest BCUT2D eigenvalue weighted by atomic mass is 9.87. The maximum absolute atomic E-state index is 5.87. The van der Waals surface area contributed by atoms with Crippen LogP contribution in [-0.4, -0.2) is 22.7 Å². The molecule has 1 atom stereocenters. The van der Waals surface area contributed by atoms with Crippen molar-refractivity contribution in [2.24, 2.45) is 0 Å². The van der Waals surface area contributed by atoms with Gasteiger partial charge in [0.05, 0.1) is 12.9 Å². The summed E-state index contributed by atoms with van der Waals surface area (Å²) in [6.45, 7) is 4.69. The lowest BCUT2D eigenvalue weighted by Crippen LogP contribution is -2.24. The van der Waals surface area contributed by atoms with Gasteiger partial charge in [0.25, 0.3) is 0 Å². The summed E-state index contributed by atoms with van der Waals surface area (Å²) in [5.41, 5.74) is 2.89. The first-order chi connectivity index (χ1) is 10.4. The lowest BCUT2D eigenvalue weighted by molar-refractivity contribution is 0.297. The van der Waals surface area contributed by atoms with E-state index in [0.717, 1.165) is 25.3 Å². The molecule has 21 heavy (non-hydrogen) atoms. The Morgan fingerprint density at radius 1 is 1.43 bits per heavy atom. The zero-order chi connectivity index (χ0) is 14.5. The maximum Gasteiger partial charge on any atom is 0.119 e. The number of aryl methyl sites for hydroxylation is 1. The number of nitrogens with one attached hydrogen (secondary N) is 1. The molecule has 3 rings (SSSR count). The third kappa shape index (κ3) is 3.45. The van der Waals surface area contributed by atoms with E-state index in [1.807, 2.05) is 17.1 Å². The minimum Gasteiger partial charge on any atom is -0.492 e. The Labute approximate surface area is 126 Å². The molecular formula is C17H23N3O. The molecule has 112 valence electrons. The number of nitrogens with zero attached hydrogens (tertiary/aromatic N) is 2. The molecule has 0 aliphatic heterocycles. The van der Waals surface area contributed by atoms with Crippen LogP contribution in [0.15, 0.2) is 36.9 Å². The topological polar surface area (TPSA) is 39.1 Å². The number of aromatic nitrogens is 2. The number of hydrogen-bond donors (Lipinski definition) is 1. The van der Waals surface area contributed by atoms with Gasteiger partial charge < -0.3 is 14.6 Å². The molecule has 0 amide bonds. The van der Waals surface area contributed by atoms with Gasteiger partial charge in [0.15, 0.2) is 0 Å². The summed E-state index contributed by atoms with van der Waals surface area (Å²) in [5, 5.41) is 3.57. The molecule has 0 spiro atoms. The van der Waals surface area contributed by atoms with Crippen LogP contribution in [0, 0.1) is 0 Å². The number of imidazole rings is 1. The molecule has 0 saturated heterocycles. The predicted octanol–water partition coefficient (Wildman–Crippen LogP) is 2.95. The van der Waals surface area contributed by atoms with Crippen molar-refractivity contribution in [3.05, 3.63) is 48.0 Å². The van der Waals surface area contributed by atoms with Crippen LogP contribution in [0.1, 0.15) is 36.9 Å². The highest BCUT2D eigenvalue weighted by atomic mass is 16.5. The van der Waals surface area contributed by atoms with Gasteiger partial charge in [-0.3, -0.25) is 0 Å². The molecule has 4 heteroatoms. The van der Waals surface area contributed by atoms with E-state index in [9.17, 15) is 0 Å². The number of benzene rings is 1. The fourth-order valence-electron chi connectivity index (χ4n) is 3.03. The monoisotopic (exact) mass is 285 g/mol. The predicted molar refractivity (Wildman–Crippen MR) is 83.5 cm³/mol. The Bertz CT molecular complexity index is 565. The smallest absolute Gasteiger partial charge is 0.119 e.